The van der Waals surface area contributed by atoms with Crippen LogP contribution < -0.4 is 5.32 Å². The Morgan fingerprint density at radius 1 is 0.590 bits per heavy atom. The van der Waals surface area contributed by atoms with Crippen LogP contribution in [-0.2, 0) is 5.41 Å². The minimum atomic E-state index is 0.262. The Morgan fingerprint density at radius 3 is 2.05 bits per heavy atom. The molecule has 1 heteroatoms. The van der Waals surface area contributed by atoms with Gasteiger partial charge in [-0.25, -0.2) is 0 Å². The Morgan fingerprint density at radius 2 is 1.28 bits per heavy atom. The summed E-state index contributed by atoms with van der Waals surface area (Å²) in [7, 11) is 0. The predicted molar refractivity (Wildman–Crippen MR) is 165 cm³/mol. The molecule has 8 rings (SSSR count). The van der Waals surface area contributed by atoms with Gasteiger partial charge in [0.15, 0.2) is 0 Å². The van der Waals surface area contributed by atoms with Crippen molar-refractivity contribution in [1.29, 1.82) is 0 Å². The van der Waals surface area contributed by atoms with Crippen molar-refractivity contribution in [2.24, 2.45) is 23.7 Å². The van der Waals surface area contributed by atoms with Crippen molar-refractivity contribution < 1.29 is 0 Å². The van der Waals surface area contributed by atoms with E-state index in [9.17, 15) is 0 Å². The first kappa shape index (κ1) is 23.8. The summed E-state index contributed by atoms with van der Waals surface area (Å²) in [5, 5.41) is 6.83. The summed E-state index contributed by atoms with van der Waals surface area (Å²) in [6.07, 6.45) is 12.7. The SMILES string of the molecule is CC1(c2ccccc2Nc2ccccc2-c2ccc(C3CC4CCC3C4)c3ccccc23)CC2CC[C@H](C2)C1. The molecule has 4 aromatic rings. The normalized spacial score (nSPS) is 31.2. The highest BCUT2D eigenvalue weighted by molar-refractivity contribution is 6.01. The molecule has 0 saturated heterocycles. The summed E-state index contributed by atoms with van der Waals surface area (Å²) in [4.78, 5) is 0. The summed E-state index contributed by atoms with van der Waals surface area (Å²) in [6, 6.07) is 32.2. The molecule has 4 aromatic carbocycles. The molecule has 0 radical (unpaired) electrons. The minimum absolute atomic E-state index is 0.262. The van der Waals surface area contributed by atoms with Gasteiger partial charge < -0.3 is 5.32 Å². The summed E-state index contributed by atoms with van der Waals surface area (Å²) >= 11 is 0. The van der Waals surface area contributed by atoms with Crippen molar-refractivity contribution in [2.75, 3.05) is 5.32 Å². The Labute approximate surface area is 234 Å². The van der Waals surface area contributed by atoms with Gasteiger partial charge in [0.2, 0.25) is 0 Å². The van der Waals surface area contributed by atoms with Gasteiger partial charge in [0, 0.05) is 16.9 Å². The van der Waals surface area contributed by atoms with Gasteiger partial charge in [-0.15, -0.1) is 0 Å². The number of rotatable bonds is 5. The highest BCUT2D eigenvalue weighted by Crippen LogP contribution is 2.55. The third kappa shape index (κ3) is 4.03. The third-order valence-corrected chi connectivity index (χ3v) is 11.3. The average Bonchev–Trinajstić information content (AvgIpc) is 3.69. The fourth-order valence-corrected chi connectivity index (χ4v) is 9.72. The lowest BCUT2D eigenvalue weighted by Crippen LogP contribution is -2.31. The van der Waals surface area contributed by atoms with Gasteiger partial charge in [0.1, 0.15) is 0 Å². The molecule has 4 bridgehead atoms. The molecule has 4 aliphatic rings. The summed E-state index contributed by atoms with van der Waals surface area (Å²) < 4.78 is 0. The van der Waals surface area contributed by atoms with Crippen molar-refractivity contribution in [3.63, 3.8) is 0 Å². The lowest BCUT2D eigenvalue weighted by atomic mass is 9.66. The molecule has 198 valence electrons. The predicted octanol–water partition coefficient (Wildman–Crippen LogP) is 10.6. The second-order valence-corrected chi connectivity index (χ2v) is 13.8. The van der Waals surface area contributed by atoms with Gasteiger partial charge in [0.25, 0.3) is 0 Å². The fraction of sp³-hybridized carbons (Fsp3) is 0.421. The number of fused-ring (bicyclic) bond motifs is 5. The van der Waals surface area contributed by atoms with Crippen molar-refractivity contribution in [3.05, 3.63) is 96.1 Å². The van der Waals surface area contributed by atoms with Crippen LogP contribution in [0.3, 0.4) is 0 Å². The molecule has 1 nitrogen and oxygen atoms in total. The van der Waals surface area contributed by atoms with E-state index in [0.717, 1.165) is 29.6 Å². The van der Waals surface area contributed by atoms with Crippen LogP contribution in [0.25, 0.3) is 21.9 Å². The van der Waals surface area contributed by atoms with E-state index in [2.05, 4.69) is 97.2 Å². The first-order chi connectivity index (χ1) is 19.1. The molecular weight excluding hydrogens is 470 g/mol. The molecule has 6 atom stereocenters. The van der Waals surface area contributed by atoms with E-state index in [1.165, 1.54) is 96.6 Å². The Kier molecular flexibility index (Phi) is 5.65. The zero-order valence-electron chi connectivity index (χ0n) is 23.3. The van der Waals surface area contributed by atoms with Gasteiger partial charge in [-0.3, -0.25) is 0 Å². The second-order valence-electron chi connectivity index (χ2n) is 13.8. The smallest absolute Gasteiger partial charge is 0.0464 e. The summed E-state index contributed by atoms with van der Waals surface area (Å²) in [6.45, 7) is 2.53. The van der Waals surface area contributed by atoms with E-state index >= 15 is 0 Å². The van der Waals surface area contributed by atoms with Crippen LogP contribution in [0, 0.1) is 23.7 Å². The number of anilines is 2. The van der Waals surface area contributed by atoms with E-state index in [4.69, 9.17) is 0 Å². The lowest BCUT2D eigenvalue weighted by Gasteiger charge is -2.39. The molecular formula is C38H41N. The largest absolute Gasteiger partial charge is 0.355 e. The van der Waals surface area contributed by atoms with Crippen molar-refractivity contribution in [2.45, 2.75) is 76.0 Å². The molecule has 0 spiro atoms. The number of para-hydroxylation sites is 2. The number of benzene rings is 4. The van der Waals surface area contributed by atoms with E-state index < -0.39 is 0 Å². The van der Waals surface area contributed by atoms with Crippen molar-refractivity contribution >= 4 is 22.1 Å². The molecule has 5 unspecified atom stereocenters. The van der Waals surface area contributed by atoms with Crippen molar-refractivity contribution in [3.8, 4) is 11.1 Å². The first-order valence-electron chi connectivity index (χ1n) is 15.6. The molecule has 0 aliphatic heterocycles. The van der Waals surface area contributed by atoms with Crippen LogP contribution in [0.5, 0.6) is 0 Å². The van der Waals surface area contributed by atoms with Crippen LogP contribution in [-0.4, -0.2) is 0 Å². The number of nitrogens with one attached hydrogen (secondary N) is 1. The van der Waals surface area contributed by atoms with E-state index in [-0.39, 0.29) is 5.41 Å². The van der Waals surface area contributed by atoms with Gasteiger partial charge in [0.05, 0.1) is 0 Å². The Hall–Kier alpha value is -3.06. The lowest BCUT2D eigenvalue weighted by molar-refractivity contribution is 0.232. The van der Waals surface area contributed by atoms with Gasteiger partial charge in [-0.1, -0.05) is 99.0 Å². The molecule has 4 aliphatic carbocycles. The molecule has 1 N–H and O–H groups in total. The quantitative estimate of drug-likeness (QED) is 0.281. The number of hydrogen-bond donors (Lipinski definition) is 1. The van der Waals surface area contributed by atoms with Gasteiger partial charge in [-0.05, 0) is 113 Å². The topological polar surface area (TPSA) is 12.0 Å². The van der Waals surface area contributed by atoms with Crippen LogP contribution >= 0.6 is 0 Å². The Balaban J connectivity index is 1.19. The van der Waals surface area contributed by atoms with Crippen molar-refractivity contribution in [1.82, 2.24) is 0 Å². The highest BCUT2D eigenvalue weighted by Gasteiger charge is 2.43. The minimum Gasteiger partial charge on any atom is -0.355 e. The summed E-state index contributed by atoms with van der Waals surface area (Å²) in [5.74, 6) is 4.42. The molecule has 0 aromatic heterocycles. The standard InChI is InChI=1S/C38H41N/c1-38(23-26-14-15-27(20-26)24-38)35-11-5-7-13-37(35)39-36-12-6-4-10-33(36)31-18-19-32(30-9-3-2-8-29(30)31)34-22-25-16-17-28(34)21-25/h2-13,18-19,25-28,34,39H,14-17,20-24H2,1H3/t25?,26-,27?,28?,34?,38?/m1/s1. The van der Waals surface area contributed by atoms with Crippen LogP contribution in [0.2, 0.25) is 0 Å². The van der Waals surface area contributed by atoms with E-state index in [0.29, 0.717) is 0 Å². The molecule has 0 amide bonds. The molecule has 39 heavy (non-hydrogen) atoms. The molecule has 4 fully saturated rings. The maximum absolute atomic E-state index is 3.97. The monoisotopic (exact) mass is 511 g/mol. The fourth-order valence-electron chi connectivity index (χ4n) is 9.72. The molecule has 0 heterocycles. The van der Waals surface area contributed by atoms with Gasteiger partial charge in [-0.2, -0.15) is 0 Å². The maximum atomic E-state index is 3.97. The van der Waals surface area contributed by atoms with Gasteiger partial charge >= 0.3 is 0 Å². The van der Waals surface area contributed by atoms with Crippen LogP contribution in [0.15, 0.2) is 84.9 Å². The number of hydrogen-bond acceptors (Lipinski definition) is 1. The Bertz CT molecular complexity index is 1520. The summed E-state index contributed by atoms with van der Waals surface area (Å²) in [5.41, 5.74) is 8.52. The van der Waals surface area contributed by atoms with E-state index in [1.54, 1.807) is 5.56 Å². The van der Waals surface area contributed by atoms with Crippen LogP contribution in [0.4, 0.5) is 11.4 Å². The third-order valence-electron chi connectivity index (χ3n) is 11.3. The zero-order chi connectivity index (χ0) is 26.0. The first-order valence-corrected chi connectivity index (χ1v) is 15.6. The van der Waals surface area contributed by atoms with Crippen LogP contribution in [0.1, 0.15) is 81.8 Å². The highest BCUT2D eigenvalue weighted by atomic mass is 14.9. The zero-order valence-corrected chi connectivity index (χ0v) is 23.3. The second kappa shape index (κ2) is 9.26. The maximum Gasteiger partial charge on any atom is 0.0464 e. The average molecular weight is 512 g/mol. The molecule has 4 saturated carbocycles. The van der Waals surface area contributed by atoms with E-state index in [1.807, 2.05) is 0 Å².